The van der Waals surface area contributed by atoms with Crippen molar-refractivity contribution in [2.75, 3.05) is 23.9 Å². The standard InChI is InChI=1S/C10H20BrNO3S/c1-10(2,5-4-6-11)8-12-9(13)7-16(3,14)15/h4-8H2,1-3H3,(H,12,13). The average molecular weight is 314 g/mol. The van der Waals surface area contributed by atoms with Gasteiger partial charge in [0.2, 0.25) is 5.91 Å². The molecule has 6 heteroatoms. The molecule has 1 amide bonds. The first-order valence-electron chi connectivity index (χ1n) is 5.17. The molecule has 16 heavy (non-hydrogen) atoms. The molecule has 96 valence electrons. The Balaban J connectivity index is 4.00. The number of alkyl halides is 1. The van der Waals surface area contributed by atoms with Crippen molar-refractivity contribution in [1.29, 1.82) is 0 Å². The third kappa shape index (κ3) is 9.15. The largest absolute Gasteiger partial charge is 0.355 e. The van der Waals surface area contributed by atoms with Crippen molar-refractivity contribution in [3.05, 3.63) is 0 Å². The fourth-order valence-corrected chi connectivity index (χ4v) is 2.12. The Morgan fingerprint density at radius 2 is 1.94 bits per heavy atom. The highest BCUT2D eigenvalue weighted by Crippen LogP contribution is 2.21. The first-order valence-corrected chi connectivity index (χ1v) is 8.35. The van der Waals surface area contributed by atoms with E-state index in [2.05, 4.69) is 35.1 Å². The summed E-state index contributed by atoms with van der Waals surface area (Å²) in [5.41, 5.74) is 0.000926. The number of hydrogen-bond acceptors (Lipinski definition) is 3. The minimum absolute atomic E-state index is 0.000926. The lowest BCUT2D eigenvalue weighted by atomic mass is 9.88. The smallest absolute Gasteiger partial charge is 0.235 e. The van der Waals surface area contributed by atoms with Crippen LogP contribution in [0.3, 0.4) is 0 Å². The number of carbonyl (C=O) groups excluding carboxylic acids is 1. The zero-order valence-electron chi connectivity index (χ0n) is 10.0. The molecule has 0 aromatic carbocycles. The van der Waals surface area contributed by atoms with E-state index in [0.29, 0.717) is 6.54 Å². The van der Waals surface area contributed by atoms with Crippen molar-refractivity contribution < 1.29 is 13.2 Å². The second-order valence-electron chi connectivity index (χ2n) is 4.80. The van der Waals surface area contributed by atoms with Gasteiger partial charge < -0.3 is 5.32 Å². The molecule has 0 aliphatic rings. The summed E-state index contributed by atoms with van der Waals surface area (Å²) in [5.74, 6) is -0.851. The molecular formula is C10H20BrNO3S. The molecule has 0 heterocycles. The molecule has 0 rings (SSSR count). The molecule has 0 unspecified atom stereocenters. The number of carbonyl (C=O) groups is 1. The monoisotopic (exact) mass is 313 g/mol. The zero-order valence-corrected chi connectivity index (χ0v) is 12.4. The van der Waals surface area contributed by atoms with E-state index in [1.54, 1.807) is 0 Å². The molecule has 0 saturated carbocycles. The third-order valence-electron chi connectivity index (χ3n) is 2.14. The zero-order chi connectivity index (χ0) is 12.8. The summed E-state index contributed by atoms with van der Waals surface area (Å²) in [6.45, 7) is 4.61. The summed E-state index contributed by atoms with van der Waals surface area (Å²) in [5, 5.41) is 3.59. The Bertz CT molecular complexity index is 325. The minimum Gasteiger partial charge on any atom is -0.355 e. The first kappa shape index (κ1) is 15.9. The fraction of sp³-hybridized carbons (Fsp3) is 0.900. The van der Waals surface area contributed by atoms with Crippen LogP contribution in [0.1, 0.15) is 26.7 Å². The number of halogens is 1. The Morgan fingerprint density at radius 1 is 1.38 bits per heavy atom. The minimum atomic E-state index is -3.23. The highest BCUT2D eigenvalue weighted by molar-refractivity contribution is 9.09. The molecule has 0 saturated heterocycles. The van der Waals surface area contributed by atoms with Gasteiger partial charge in [-0.25, -0.2) is 8.42 Å². The molecule has 0 aliphatic carbocycles. The Labute approximate surface area is 106 Å². The van der Waals surface area contributed by atoms with E-state index in [9.17, 15) is 13.2 Å². The van der Waals surface area contributed by atoms with Crippen molar-refractivity contribution in [3.8, 4) is 0 Å². The van der Waals surface area contributed by atoms with Gasteiger partial charge in [0.05, 0.1) is 0 Å². The van der Waals surface area contributed by atoms with Gasteiger partial charge in [0.25, 0.3) is 0 Å². The highest BCUT2D eigenvalue weighted by Gasteiger charge is 2.19. The second kappa shape index (κ2) is 6.59. The van der Waals surface area contributed by atoms with Crippen LogP contribution in [0.2, 0.25) is 0 Å². The quantitative estimate of drug-likeness (QED) is 0.722. The molecular weight excluding hydrogens is 294 g/mol. The van der Waals surface area contributed by atoms with Gasteiger partial charge in [-0.1, -0.05) is 29.8 Å². The summed E-state index contributed by atoms with van der Waals surface area (Å²) in [4.78, 5) is 11.3. The first-order chi connectivity index (χ1) is 7.16. The summed E-state index contributed by atoms with van der Waals surface area (Å²) >= 11 is 3.36. The van der Waals surface area contributed by atoms with E-state index in [0.717, 1.165) is 24.4 Å². The predicted molar refractivity (Wildman–Crippen MR) is 69.5 cm³/mol. The molecule has 0 aliphatic heterocycles. The van der Waals surface area contributed by atoms with Crippen molar-refractivity contribution in [2.24, 2.45) is 5.41 Å². The van der Waals surface area contributed by atoms with Gasteiger partial charge in [0.1, 0.15) is 5.75 Å². The van der Waals surface area contributed by atoms with Gasteiger partial charge in [0.15, 0.2) is 9.84 Å². The molecule has 0 atom stereocenters. The van der Waals surface area contributed by atoms with Crippen LogP contribution < -0.4 is 5.32 Å². The molecule has 0 bridgehead atoms. The van der Waals surface area contributed by atoms with Crippen molar-refractivity contribution >= 4 is 31.7 Å². The maximum atomic E-state index is 11.3. The molecule has 4 nitrogen and oxygen atoms in total. The highest BCUT2D eigenvalue weighted by atomic mass is 79.9. The van der Waals surface area contributed by atoms with Crippen LogP contribution in [0.25, 0.3) is 0 Å². The van der Waals surface area contributed by atoms with E-state index >= 15 is 0 Å². The van der Waals surface area contributed by atoms with Crippen LogP contribution in [0.15, 0.2) is 0 Å². The maximum absolute atomic E-state index is 11.3. The summed E-state index contributed by atoms with van der Waals surface area (Å²) < 4.78 is 21.7. The summed E-state index contributed by atoms with van der Waals surface area (Å²) in [7, 11) is -3.23. The molecule has 0 aromatic heterocycles. The fourth-order valence-electron chi connectivity index (χ4n) is 1.26. The molecule has 0 radical (unpaired) electrons. The molecule has 0 fully saturated rings. The SMILES string of the molecule is CC(C)(CCCBr)CNC(=O)CS(C)(=O)=O. The topological polar surface area (TPSA) is 63.2 Å². The van der Waals surface area contributed by atoms with Crippen molar-refractivity contribution in [1.82, 2.24) is 5.32 Å². The van der Waals surface area contributed by atoms with Crippen molar-refractivity contribution in [3.63, 3.8) is 0 Å². The van der Waals surface area contributed by atoms with Gasteiger partial charge in [-0.2, -0.15) is 0 Å². The van der Waals surface area contributed by atoms with Gasteiger partial charge in [-0.3, -0.25) is 4.79 Å². The van der Waals surface area contributed by atoms with Gasteiger partial charge in [-0.05, 0) is 18.3 Å². The predicted octanol–water partition coefficient (Wildman–Crippen LogP) is 1.35. The van der Waals surface area contributed by atoms with Crippen LogP contribution in [-0.2, 0) is 14.6 Å². The van der Waals surface area contributed by atoms with Crippen LogP contribution in [-0.4, -0.2) is 38.2 Å². The number of amides is 1. The maximum Gasteiger partial charge on any atom is 0.235 e. The van der Waals surface area contributed by atoms with E-state index in [1.807, 2.05) is 0 Å². The lowest BCUT2D eigenvalue weighted by molar-refractivity contribution is -0.119. The number of hydrogen-bond donors (Lipinski definition) is 1. The van der Waals surface area contributed by atoms with Gasteiger partial charge in [0, 0.05) is 18.1 Å². The van der Waals surface area contributed by atoms with Crippen molar-refractivity contribution in [2.45, 2.75) is 26.7 Å². The van der Waals surface area contributed by atoms with E-state index in [-0.39, 0.29) is 5.41 Å². The summed E-state index contributed by atoms with van der Waals surface area (Å²) in [6.07, 6.45) is 3.08. The number of sulfone groups is 1. The molecule has 1 N–H and O–H groups in total. The Morgan fingerprint density at radius 3 is 2.38 bits per heavy atom. The average Bonchev–Trinajstić information content (AvgIpc) is 2.09. The van der Waals surface area contributed by atoms with Crippen LogP contribution in [0, 0.1) is 5.41 Å². The normalized spacial score (nSPS) is 12.5. The lowest BCUT2D eigenvalue weighted by Crippen LogP contribution is -2.37. The second-order valence-corrected chi connectivity index (χ2v) is 7.74. The lowest BCUT2D eigenvalue weighted by Gasteiger charge is -2.24. The number of nitrogens with one attached hydrogen (secondary N) is 1. The third-order valence-corrected chi connectivity index (χ3v) is 3.49. The van der Waals surface area contributed by atoms with Gasteiger partial charge >= 0.3 is 0 Å². The number of rotatable bonds is 7. The van der Waals surface area contributed by atoms with E-state index < -0.39 is 21.5 Å². The molecule has 0 spiro atoms. The summed E-state index contributed by atoms with van der Waals surface area (Å²) in [6, 6.07) is 0. The Kier molecular flexibility index (Phi) is 6.55. The Hall–Kier alpha value is -0.100. The van der Waals surface area contributed by atoms with Crippen LogP contribution in [0.4, 0.5) is 0 Å². The van der Waals surface area contributed by atoms with Crippen LogP contribution in [0.5, 0.6) is 0 Å². The van der Waals surface area contributed by atoms with Gasteiger partial charge in [-0.15, -0.1) is 0 Å². The van der Waals surface area contributed by atoms with E-state index in [4.69, 9.17) is 0 Å². The molecule has 0 aromatic rings. The van der Waals surface area contributed by atoms with Crippen LogP contribution >= 0.6 is 15.9 Å². The van der Waals surface area contributed by atoms with E-state index in [1.165, 1.54) is 0 Å².